The predicted molar refractivity (Wildman–Crippen MR) is 103 cm³/mol. The third kappa shape index (κ3) is 3.75. The lowest BCUT2D eigenvalue weighted by Crippen LogP contribution is -2.14. The van der Waals surface area contributed by atoms with Crippen molar-refractivity contribution in [2.45, 2.75) is 0 Å². The van der Waals surface area contributed by atoms with Crippen LogP contribution < -0.4 is 14.8 Å². The fourth-order valence-corrected chi connectivity index (χ4v) is 3.61. The van der Waals surface area contributed by atoms with Gasteiger partial charge < -0.3 is 9.47 Å². The Morgan fingerprint density at radius 2 is 1.77 bits per heavy atom. The molecule has 9 heteroatoms. The van der Waals surface area contributed by atoms with Crippen LogP contribution in [0.5, 0.6) is 11.5 Å². The van der Waals surface area contributed by atoms with Gasteiger partial charge in [0.25, 0.3) is 5.91 Å². The minimum Gasteiger partial charge on any atom is -0.496 e. The monoisotopic (exact) mass is 409 g/mol. The maximum absolute atomic E-state index is 12.7. The Labute approximate surface area is 163 Å². The van der Waals surface area contributed by atoms with Gasteiger partial charge in [-0.05, 0) is 30.3 Å². The summed E-state index contributed by atoms with van der Waals surface area (Å²) in [5.74, 6) is 0.379. The molecular formula is C17H13Cl2N3O3S. The number of carbonyl (C=O) groups excluding carboxylic acids is 1. The van der Waals surface area contributed by atoms with Gasteiger partial charge in [-0.1, -0.05) is 40.6 Å². The molecule has 1 aromatic heterocycles. The highest BCUT2D eigenvalue weighted by molar-refractivity contribution is 7.18. The van der Waals surface area contributed by atoms with Gasteiger partial charge in [-0.3, -0.25) is 10.1 Å². The maximum atomic E-state index is 12.7. The first kappa shape index (κ1) is 18.4. The number of nitrogens with zero attached hydrogens (tertiary/aromatic N) is 2. The van der Waals surface area contributed by atoms with Crippen molar-refractivity contribution in [2.75, 3.05) is 19.5 Å². The summed E-state index contributed by atoms with van der Waals surface area (Å²) in [4.78, 5) is 12.7. The summed E-state index contributed by atoms with van der Waals surface area (Å²) in [6.45, 7) is 0. The molecule has 3 rings (SSSR count). The number of methoxy groups -OCH3 is 2. The molecular weight excluding hydrogens is 397 g/mol. The summed E-state index contributed by atoms with van der Waals surface area (Å²) < 4.78 is 10.5. The second-order valence-electron chi connectivity index (χ2n) is 5.03. The molecule has 26 heavy (non-hydrogen) atoms. The Hall–Kier alpha value is -2.35. The molecule has 2 aromatic carbocycles. The molecule has 0 saturated heterocycles. The number of hydrogen-bond donors (Lipinski definition) is 1. The molecule has 1 N–H and O–H groups in total. The largest absolute Gasteiger partial charge is 0.496 e. The van der Waals surface area contributed by atoms with Gasteiger partial charge in [0.2, 0.25) is 5.13 Å². The molecule has 6 nitrogen and oxygen atoms in total. The van der Waals surface area contributed by atoms with Crippen molar-refractivity contribution in [3.05, 3.63) is 52.0 Å². The number of amides is 1. The summed E-state index contributed by atoms with van der Waals surface area (Å²) in [5, 5.41) is 12.6. The van der Waals surface area contributed by atoms with Crippen molar-refractivity contribution < 1.29 is 14.3 Å². The smallest absolute Gasteiger partial charge is 0.265 e. The summed E-state index contributed by atoms with van der Waals surface area (Å²) in [7, 11) is 2.97. The molecule has 134 valence electrons. The van der Waals surface area contributed by atoms with Crippen LogP contribution in [0.1, 0.15) is 10.4 Å². The van der Waals surface area contributed by atoms with Gasteiger partial charge in [-0.2, -0.15) is 0 Å². The average molecular weight is 410 g/mol. The molecule has 0 aliphatic heterocycles. The van der Waals surface area contributed by atoms with Gasteiger partial charge in [0.15, 0.2) is 5.01 Å². The van der Waals surface area contributed by atoms with Crippen LogP contribution in [-0.2, 0) is 0 Å². The molecule has 0 aliphatic carbocycles. The summed E-state index contributed by atoms with van der Waals surface area (Å²) in [6, 6.07) is 10.2. The van der Waals surface area contributed by atoms with Gasteiger partial charge in [-0.25, -0.2) is 0 Å². The van der Waals surface area contributed by atoms with Gasteiger partial charge in [0.1, 0.15) is 17.1 Å². The zero-order chi connectivity index (χ0) is 18.7. The third-order valence-corrected chi connectivity index (χ3v) is 4.88. The fraction of sp³-hybridized carbons (Fsp3) is 0.118. The van der Waals surface area contributed by atoms with Crippen LogP contribution in [0.25, 0.3) is 10.6 Å². The van der Waals surface area contributed by atoms with Crippen LogP contribution in [-0.4, -0.2) is 30.3 Å². The van der Waals surface area contributed by atoms with Crippen LogP contribution in [0.2, 0.25) is 10.0 Å². The van der Waals surface area contributed by atoms with Crippen molar-refractivity contribution in [1.82, 2.24) is 10.2 Å². The van der Waals surface area contributed by atoms with Crippen LogP contribution in [0.4, 0.5) is 5.13 Å². The van der Waals surface area contributed by atoms with E-state index in [4.69, 9.17) is 32.7 Å². The Kier molecular flexibility index (Phi) is 5.61. The Balaban J connectivity index is 1.87. The molecule has 1 amide bonds. The number of benzene rings is 2. The van der Waals surface area contributed by atoms with Crippen molar-refractivity contribution in [1.29, 1.82) is 0 Å². The molecule has 0 atom stereocenters. The first-order valence-electron chi connectivity index (χ1n) is 7.34. The van der Waals surface area contributed by atoms with Crippen LogP contribution in [0.3, 0.4) is 0 Å². The molecule has 0 spiro atoms. The second kappa shape index (κ2) is 7.90. The number of ether oxygens (including phenoxy) is 2. The highest BCUT2D eigenvalue weighted by atomic mass is 35.5. The van der Waals surface area contributed by atoms with Crippen molar-refractivity contribution in [3.8, 4) is 22.1 Å². The lowest BCUT2D eigenvalue weighted by Gasteiger charge is -2.11. The summed E-state index contributed by atoms with van der Waals surface area (Å²) in [5.41, 5.74) is 0.961. The number of halogens is 2. The number of hydrogen-bond acceptors (Lipinski definition) is 6. The van der Waals surface area contributed by atoms with E-state index in [1.807, 2.05) is 0 Å². The predicted octanol–water partition coefficient (Wildman–Crippen LogP) is 4.78. The molecule has 0 radical (unpaired) electrons. The SMILES string of the molecule is COc1cccc(OC)c1C(=O)Nc1nnc(-c2ccc(Cl)cc2Cl)s1. The standard InChI is InChI=1S/C17H13Cl2N3O3S/c1-24-12-4-3-5-13(25-2)14(12)15(23)20-17-22-21-16(26-17)10-7-6-9(18)8-11(10)19/h3-8H,1-2H3,(H,20,22,23). The van der Waals surface area contributed by atoms with E-state index in [2.05, 4.69) is 15.5 Å². The zero-order valence-electron chi connectivity index (χ0n) is 13.7. The van der Waals surface area contributed by atoms with E-state index >= 15 is 0 Å². The zero-order valence-corrected chi connectivity index (χ0v) is 16.1. The Morgan fingerprint density at radius 3 is 2.38 bits per heavy atom. The van der Waals surface area contributed by atoms with E-state index < -0.39 is 5.91 Å². The molecule has 1 heterocycles. The van der Waals surface area contributed by atoms with Crippen molar-refractivity contribution >= 4 is 45.6 Å². The van der Waals surface area contributed by atoms with Crippen molar-refractivity contribution in [2.24, 2.45) is 0 Å². The molecule has 0 fully saturated rings. The second-order valence-corrected chi connectivity index (χ2v) is 6.85. The summed E-state index contributed by atoms with van der Waals surface area (Å²) in [6.07, 6.45) is 0. The van der Waals surface area contributed by atoms with E-state index in [1.165, 1.54) is 25.6 Å². The fourth-order valence-electron chi connectivity index (χ4n) is 2.28. The molecule has 0 aliphatic rings. The third-order valence-electron chi connectivity index (χ3n) is 3.46. The maximum Gasteiger partial charge on any atom is 0.265 e. The average Bonchev–Trinajstić information content (AvgIpc) is 3.08. The highest BCUT2D eigenvalue weighted by Crippen LogP contribution is 2.34. The van der Waals surface area contributed by atoms with Crippen LogP contribution >= 0.6 is 34.5 Å². The first-order valence-corrected chi connectivity index (χ1v) is 8.92. The molecule has 0 saturated carbocycles. The van der Waals surface area contributed by atoms with Crippen LogP contribution in [0.15, 0.2) is 36.4 Å². The van der Waals surface area contributed by atoms with E-state index in [9.17, 15) is 4.79 Å². The van der Waals surface area contributed by atoms with E-state index in [-0.39, 0.29) is 5.56 Å². The lowest BCUT2D eigenvalue weighted by atomic mass is 10.1. The normalized spacial score (nSPS) is 10.5. The highest BCUT2D eigenvalue weighted by Gasteiger charge is 2.20. The molecule has 0 bridgehead atoms. The van der Waals surface area contributed by atoms with Crippen LogP contribution in [0, 0.1) is 0 Å². The lowest BCUT2D eigenvalue weighted by molar-refractivity contribution is 0.102. The van der Waals surface area contributed by atoms with Gasteiger partial charge in [0.05, 0.1) is 19.2 Å². The van der Waals surface area contributed by atoms with Crippen molar-refractivity contribution in [3.63, 3.8) is 0 Å². The van der Waals surface area contributed by atoms with E-state index in [0.717, 1.165) is 0 Å². The number of nitrogens with one attached hydrogen (secondary N) is 1. The van der Waals surface area contributed by atoms with Gasteiger partial charge in [-0.15, -0.1) is 10.2 Å². The molecule has 0 unspecified atom stereocenters. The number of carbonyl (C=O) groups is 1. The first-order chi connectivity index (χ1) is 12.5. The minimum atomic E-state index is -0.413. The Bertz CT molecular complexity index is 940. The van der Waals surface area contributed by atoms with E-state index in [0.29, 0.717) is 37.2 Å². The summed E-state index contributed by atoms with van der Waals surface area (Å²) >= 11 is 13.3. The minimum absolute atomic E-state index is 0.277. The number of aromatic nitrogens is 2. The topological polar surface area (TPSA) is 73.3 Å². The number of rotatable bonds is 5. The van der Waals surface area contributed by atoms with E-state index in [1.54, 1.807) is 36.4 Å². The van der Waals surface area contributed by atoms with Gasteiger partial charge >= 0.3 is 0 Å². The molecule has 3 aromatic rings. The van der Waals surface area contributed by atoms with Gasteiger partial charge in [0, 0.05) is 10.6 Å². The Morgan fingerprint density at radius 1 is 1.08 bits per heavy atom. The number of anilines is 1. The quantitative estimate of drug-likeness (QED) is 0.655.